The van der Waals surface area contributed by atoms with Crippen LogP contribution in [0, 0.1) is 0 Å². The number of nitrogens with zero attached hydrogens (tertiary/aromatic N) is 2. The molecule has 0 bridgehead atoms. The summed E-state index contributed by atoms with van der Waals surface area (Å²) in [6.07, 6.45) is 6.04. The molecule has 110 valence electrons. The van der Waals surface area contributed by atoms with Crippen molar-refractivity contribution in [3.63, 3.8) is 0 Å². The number of para-hydroxylation sites is 1. The van der Waals surface area contributed by atoms with E-state index in [0.717, 1.165) is 23.7 Å². The van der Waals surface area contributed by atoms with Gasteiger partial charge in [0.05, 0.1) is 5.52 Å². The molecule has 1 fully saturated rings. The van der Waals surface area contributed by atoms with Crippen LogP contribution in [0.2, 0.25) is 0 Å². The Morgan fingerprint density at radius 2 is 2.00 bits per heavy atom. The van der Waals surface area contributed by atoms with Crippen LogP contribution in [0.3, 0.4) is 0 Å². The quantitative estimate of drug-likeness (QED) is 0.576. The summed E-state index contributed by atoms with van der Waals surface area (Å²) in [5, 5.41) is 22.5. The van der Waals surface area contributed by atoms with Crippen LogP contribution in [-0.4, -0.2) is 21.2 Å². The monoisotopic (exact) mass is 302 g/mol. The minimum atomic E-state index is 0.0143. The summed E-state index contributed by atoms with van der Waals surface area (Å²) in [4.78, 5) is 2.87. The third-order valence-electron chi connectivity index (χ3n) is 3.83. The second-order valence-electron chi connectivity index (χ2n) is 5.35. The molecular formula is C15H18N4OS. The van der Waals surface area contributed by atoms with E-state index in [4.69, 9.17) is 12.2 Å². The average Bonchev–Trinajstić information content (AvgIpc) is 2.81. The summed E-state index contributed by atoms with van der Waals surface area (Å²) in [5.74, 6) is 0.0143. The summed E-state index contributed by atoms with van der Waals surface area (Å²) < 4.78 is 0. The second-order valence-corrected chi connectivity index (χ2v) is 5.74. The molecule has 0 radical (unpaired) electrons. The van der Waals surface area contributed by atoms with Crippen LogP contribution in [0.1, 0.15) is 32.1 Å². The molecular weight excluding hydrogens is 284 g/mol. The zero-order valence-corrected chi connectivity index (χ0v) is 12.5. The van der Waals surface area contributed by atoms with Gasteiger partial charge in [-0.25, -0.2) is 0 Å². The Bertz CT molecular complexity index is 673. The lowest BCUT2D eigenvalue weighted by molar-refractivity contribution is 0.414. The van der Waals surface area contributed by atoms with Gasteiger partial charge in [-0.3, -0.25) is 0 Å². The van der Waals surface area contributed by atoms with Gasteiger partial charge in [-0.2, -0.15) is 0 Å². The summed E-state index contributed by atoms with van der Waals surface area (Å²) in [7, 11) is 0. The summed E-state index contributed by atoms with van der Waals surface area (Å²) in [6, 6.07) is 7.97. The van der Waals surface area contributed by atoms with Gasteiger partial charge in [0.1, 0.15) is 0 Å². The molecule has 0 atom stereocenters. The summed E-state index contributed by atoms with van der Waals surface area (Å²) in [6.45, 7) is 0. The molecule has 6 heteroatoms. The van der Waals surface area contributed by atoms with E-state index in [1.807, 2.05) is 24.3 Å². The molecule has 0 amide bonds. The van der Waals surface area contributed by atoms with Crippen molar-refractivity contribution in [1.29, 1.82) is 0 Å². The van der Waals surface area contributed by atoms with Crippen molar-refractivity contribution in [2.75, 3.05) is 0 Å². The van der Waals surface area contributed by atoms with Crippen molar-refractivity contribution in [2.24, 2.45) is 10.2 Å². The van der Waals surface area contributed by atoms with Crippen LogP contribution in [0.4, 0.5) is 5.69 Å². The van der Waals surface area contributed by atoms with E-state index in [9.17, 15) is 5.11 Å². The molecule has 0 aliphatic heterocycles. The molecule has 1 aliphatic rings. The fraction of sp³-hybridized carbons (Fsp3) is 0.400. The number of aromatic amines is 1. The minimum Gasteiger partial charge on any atom is -0.493 e. The predicted molar refractivity (Wildman–Crippen MR) is 87.1 cm³/mol. The first kappa shape index (κ1) is 14.0. The van der Waals surface area contributed by atoms with Gasteiger partial charge in [0.25, 0.3) is 0 Å². The van der Waals surface area contributed by atoms with Gasteiger partial charge in [0.2, 0.25) is 11.0 Å². The smallest absolute Gasteiger partial charge is 0.218 e. The normalized spacial score (nSPS) is 16.6. The van der Waals surface area contributed by atoms with Crippen LogP contribution in [0.5, 0.6) is 5.88 Å². The van der Waals surface area contributed by atoms with E-state index >= 15 is 0 Å². The molecule has 2 aromatic rings. The Hall–Kier alpha value is -1.95. The molecule has 1 saturated carbocycles. The van der Waals surface area contributed by atoms with Crippen LogP contribution in [0.15, 0.2) is 34.5 Å². The highest BCUT2D eigenvalue weighted by Gasteiger charge is 2.14. The molecule has 0 saturated heterocycles. The highest BCUT2D eigenvalue weighted by atomic mass is 32.1. The lowest BCUT2D eigenvalue weighted by atomic mass is 9.96. The van der Waals surface area contributed by atoms with Crippen molar-refractivity contribution in [3.05, 3.63) is 24.3 Å². The highest BCUT2D eigenvalue weighted by molar-refractivity contribution is 7.80. The Kier molecular flexibility index (Phi) is 4.15. The molecule has 0 spiro atoms. The van der Waals surface area contributed by atoms with Gasteiger partial charge in [-0.05, 0) is 31.1 Å². The Morgan fingerprint density at radius 3 is 2.81 bits per heavy atom. The Balaban J connectivity index is 1.72. The topological polar surface area (TPSA) is 72.8 Å². The summed E-state index contributed by atoms with van der Waals surface area (Å²) >= 11 is 5.21. The fourth-order valence-electron chi connectivity index (χ4n) is 2.76. The van der Waals surface area contributed by atoms with Crippen LogP contribution in [-0.2, 0) is 0 Å². The molecule has 21 heavy (non-hydrogen) atoms. The first-order valence-electron chi connectivity index (χ1n) is 7.26. The van der Waals surface area contributed by atoms with Crippen molar-refractivity contribution in [1.82, 2.24) is 10.3 Å². The number of aromatic nitrogens is 1. The molecule has 5 nitrogen and oxygen atoms in total. The van der Waals surface area contributed by atoms with Gasteiger partial charge < -0.3 is 15.4 Å². The van der Waals surface area contributed by atoms with Gasteiger partial charge in [0.15, 0.2) is 5.69 Å². The minimum absolute atomic E-state index is 0.0143. The Morgan fingerprint density at radius 1 is 1.24 bits per heavy atom. The first-order chi connectivity index (χ1) is 10.2. The highest BCUT2D eigenvalue weighted by Crippen LogP contribution is 2.35. The summed E-state index contributed by atoms with van der Waals surface area (Å²) in [5.41, 5.74) is 1.26. The molecule has 0 unspecified atom stereocenters. The number of azo groups is 1. The van der Waals surface area contributed by atoms with Crippen molar-refractivity contribution < 1.29 is 5.11 Å². The second kappa shape index (κ2) is 6.22. The van der Waals surface area contributed by atoms with Crippen molar-refractivity contribution >= 4 is 33.9 Å². The van der Waals surface area contributed by atoms with E-state index in [-0.39, 0.29) is 5.88 Å². The third-order valence-corrected chi connectivity index (χ3v) is 4.03. The van der Waals surface area contributed by atoms with Gasteiger partial charge >= 0.3 is 0 Å². The van der Waals surface area contributed by atoms with Crippen LogP contribution >= 0.6 is 12.2 Å². The molecule has 3 N–H and O–H groups in total. The standard InChI is InChI=1S/C15H18N4OS/c20-14-13(11-8-4-5-9-12(11)17-14)18-19-15(21)16-10-6-2-1-3-7-10/h4-5,8-10,17,20H,1-3,6-7H2,(H,16,21). The predicted octanol–water partition coefficient (Wildman–Crippen LogP) is 4.16. The maximum atomic E-state index is 9.90. The number of hydrogen-bond donors (Lipinski definition) is 3. The first-order valence-corrected chi connectivity index (χ1v) is 7.67. The number of rotatable bonds is 2. The number of aromatic hydroxyl groups is 1. The van der Waals surface area contributed by atoms with E-state index in [1.165, 1.54) is 19.3 Å². The Labute approximate surface area is 128 Å². The number of benzene rings is 1. The van der Waals surface area contributed by atoms with E-state index in [0.29, 0.717) is 16.8 Å². The van der Waals surface area contributed by atoms with E-state index in [2.05, 4.69) is 20.5 Å². The largest absolute Gasteiger partial charge is 0.493 e. The number of fused-ring (bicyclic) bond motifs is 1. The van der Waals surface area contributed by atoms with Gasteiger partial charge in [0, 0.05) is 11.4 Å². The fourth-order valence-corrected chi connectivity index (χ4v) is 2.97. The van der Waals surface area contributed by atoms with Gasteiger partial charge in [-0.1, -0.05) is 37.5 Å². The van der Waals surface area contributed by atoms with Crippen LogP contribution in [0.25, 0.3) is 10.9 Å². The van der Waals surface area contributed by atoms with E-state index in [1.54, 1.807) is 0 Å². The van der Waals surface area contributed by atoms with E-state index < -0.39 is 0 Å². The molecule has 1 aromatic heterocycles. The maximum absolute atomic E-state index is 9.90. The zero-order chi connectivity index (χ0) is 14.7. The van der Waals surface area contributed by atoms with Gasteiger partial charge in [-0.15, -0.1) is 10.2 Å². The zero-order valence-electron chi connectivity index (χ0n) is 11.7. The van der Waals surface area contributed by atoms with Crippen LogP contribution < -0.4 is 5.32 Å². The number of hydrogen-bond acceptors (Lipinski definition) is 3. The number of thiocarbonyl (C=S) groups is 1. The SMILES string of the molecule is Oc1[nH]c2ccccc2c1N=NC(=S)NC1CCCCC1. The van der Waals surface area contributed by atoms with Crippen molar-refractivity contribution in [2.45, 2.75) is 38.1 Å². The molecule has 1 heterocycles. The third kappa shape index (κ3) is 3.21. The lowest BCUT2D eigenvalue weighted by Crippen LogP contribution is -2.33. The average molecular weight is 302 g/mol. The maximum Gasteiger partial charge on any atom is 0.218 e. The lowest BCUT2D eigenvalue weighted by Gasteiger charge is -2.22. The molecule has 1 aliphatic carbocycles. The van der Waals surface area contributed by atoms with Crippen molar-refractivity contribution in [3.8, 4) is 5.88 Å². The number of H-pyrrole nitrogens is 1. The molecule has 3 rings (SSSR count). The molecule has 1 aromatic carbocycles. The number of nitrogens with one attached hydrogen (secondary N) is 2.